The van der Waals surface area contributed by atoms with E-state index in [0.29, 0.717) is 5.56 Å². The maximum Gasteiger partial charge on any atom is 0.326 e. The van der Waals surface area contributed by atoms with Crippen molar-refractivity contribution in [1.29, 1.82) is 0 Å². The highest BCUT2D eigenvalue weighted by Crippen LogP contribution is 2.23. The molecule has 0 atom stereocenters. The first-order valence-corrected chi connectivity index (χ1v) is 6.40. The third-order valence-electron chi connectivity index (χ3n) is 2.84. The Morgan fingerprint density at radius 3 is 2.28 bits per heavy atom. The lowest BCUT2D eigenvalue weighted by atomic mass is 10.1. The Labute approximate surface area is 101 Å². The molecule has 18 heavy (non-hydrogen) atoms. The summed E-state index contributed by atoms with van der Waals surface area (Å²) in [5.74, 6) is 0. The molecule has 0 bridgehead atoms. The molecule has 96 valence electrons. The summed E-state index contributed by atoms with van der Waals surface area (Å²) in [6.45, 7) is 3.04. The number of hydrogen-bond acceptors (Lipinski definition) is 4. The average molecular weight is 270 g/mol. The summed E-state index contributed by atoms with van der Waals surface area (Å²) in [4.78, 5) is 26.8. The summed E-state index contributed by atoms with van der Waals surface area (Å²) in [6.07, 6.45) is 0. The van der Waals surface area contributed by atoms with Gasteiger partial charge in [0.2, 0.25) is 0 Å². The van der Waals surface area contributed by atoms with Crippen LogP contribution in [0.5, 0.6) is 0 Å². The molecule has 0 aliphatic heterocycles. The van der Waals surface area contributed by atoms with Gasteiger partial charge in [-0.15, -0.1) is 0 Å². The highest BCUT2D eigenvalue weighted by molar-refractivity contribution is 7.85. The van der Waals surface area contributed by atoms with Crippen molar-refractivity contribution in [2.24, 2.45) is 0 Å². The van der Waals surface area contributed by atoms with Crippen LogP contribution in [0.3, 0.4) is 0 Å². The molecule has 1 aromatic carbocycles. The summed E-state index contributed by atoms with van der Waals surface area (Å²) in [5.41, 5.74) is -0.417. The van der Waals surface area contributed by atoms with Crippen LogP contribution < -0.4 is 11.2 Å². The molecule has 0 fully saturated rings. The number of aromatic nitrogens is 2. The van der Waals surface area contributed by atoms with Crippen molar-refractivity contribution in [3.8, 4) is 0 Å². The van der Waals surface area contributed by atoms with Gasteiger partial charge in [-0.05, 0) is 31.0 Å². The van der Waals surface area contributed by atoms with Crippen LogP contribution in [0.1, 0.15) is 11.1 Å². The Balaban J connectivity index is 3.12. The van der Waals surface area contributed by atoms with Crippen molar-refractivity contribution in [2.75, 3.05) is 0 Å². The van der Waals surface area contributed by atoms with E-state index in [1.165, 1.54) is 6.92 Å². The molecule has 7 nitrogen and oxygen atoms in total. The second-order valence-corrected chi connectivity index (χ2v) is 5.32. The van der Waals surface area contributed by atoms with Gasteiger partial charge in [-0.3, -0.25) is 14.3 Å². The smallest absolute Gasteiger partial charge is 0.307 e. The second kappa shape index (κ2) is 3.79. The van der Waals surface area contributed by atoms with Crippen molar-refractivity contribution in [1.82, 2.24) is 9.97 Å². The maximum atomic E-state index is 11.6. The van der Waals surface area contributed by atoms with Gasteiger partial charge in [0.1, 0.15) is 0 Å². The quantitative estimate of drug-likeness (QED) is 0.634. The molecule has 2 rings (SSSR count). The Morgan fingerprint density at radius 2 is 1.72 bits per heavy atom. The minimum absolute atomic E-state index is 0.00493. The molecule has 8 heteroatoms. The van der Waals surface area contributed by atoms with E-state index < -0.39 is 21.4 Å². The van der Waals surface area contributed by atoms with E-state index >= 15 is 0 Å². The number of aromatic amines is 2. The van der Waals surface area contributed by atoms with Crippen LogP contribution in [0.2, 0.25) is 0 Å². The lowest BCUT2D eigenvalue weighted by Crippen LogP contribution is -2.23. The van der Waals surface area contributed by atoms with E-state index in [2.05, 4.69) is 4.98 Å². The van der Waals surface area contributed by atoms with Crippen molar-refractivity contribution in [3.05, 3.63) is 38.0 Å². The number of H-pyrrole nitrogens is 2. The van der Waals surface area contributed by atoms with E-state index in [4.69, 9.17) is 4.55 Å². The van der Waals surface area contributed by atoms with E-state index in [-0.39, 0.29) is 21.4 Å². The predicted molar refractivity (Wildman–Crippen MR) is 64.5 cm³/mol. The van der Waals surface area contributed by atoms with Crippen LogP contribution in [0.15, 0.2) is 20.6 Å². The van der Waals surface area contributed by atoms with Crippen LogP contribution in [-0.2, 0) is 10.1 Å². The summed E-state index contributed by atoms with van der Waals surface area (Å²) < 4.78 is 31.5. The molecular weight excluding hydrogens is 260 g/mol. The van der Waals surface area contributed by atoms with E-state index in [1.54, 1.807) is 6.92 Å². The van der Waals surface area contributed by atoms with Gasteiger partial charge >= 0.3 is 5.69 Å². The summed E-state index contributed by atoms with van der Waals surface area (Å²) in [7, 11) is -4.42. The molecule has 0 spiro atoms. The normalized spacial score (nSPS) is 11.9. The molecule has 1 aromatic heterocycles. The number of hydrogen-bond donors (Lipinski definition) is 3. The third kappa shape index (κ3) is 1.85. The molecule has 3 N–H and O–H groups in total. The highest BCUT2D eigenvalue weighted by atomic mass is 32.2. The van der Waals surface area contributed by atoms with Crippen LogP contribution in [0.25, 0.3) is 10.9 Å². The summed E-state index contributed by atoms with van der Waals surface area (Å²) >= 11 is 0. The minimum atomic E-state index is -4.42. The predicted octanol–water partition coefficient (Wildman–Crippen LogP) is 0.0799. The van der Waals surface area contributed by atoms with Gasteiger partial charge in [0.25, 0.3) is 15.7 Å². The third-order valence-corrected chi connectivity index (χ3v) is 3.82. The van der Waals surface area contributed by atoms with Crippen LogP contribution in [-0.4, -0.2) is 22.9 Å². The molecule has 0 unspecified atom stereocenters. The SMILES string of the molecule is Cc1c(S(=O)(=O)O)cc2c(=O)[nH]c(=O)[nH]c2c1C. The number of aryl methyl sites for hydroxylation is 1. The number of nitrogens with one attached hydrogen (secondary N) is 2. The molecule has 0 saturated carbocycles. The Hall–Kier alpha value is -1.93. The van der Waals surface area contributed by atoms with Gasteiger partial charge < -0.3 is 4.98 Å². The molecule has 0 amide bonds. The number of rotatable bonds is 1. The molecular formula is C10H10N2O5S. The first kappa shape index (κ1) is 12.5. The average Bonchev–Trinajstić information content (AvgIpc) is 2.22. The Morgan fingerprint density at radius 1 is 1.11 bits per heavy atom. The van der Waals surface area contributed by atoms with Crippen molar-refractivity contribution in [3.63, 3.8) is 0 Å². The van der Waals surface area contributed by atoms with Gasteiger partial charge in [0, 0.05) is 0 Å². The van der Waals surface area contributed by atoms with E-state index in [1.807, 2.05) is 4.98 Å². The fourth-order valence-electron chi connectivity index (χ4n) is 1.81. The monoisotopic (exact) mass is 270 g/mol. The molecule has 2 aromatic rings. The van der Waals surface area contributed by atoms with E-state index in [9.17, 15) is 18.0 Å². The number of benzene rings is 1. The van der Waals surface area contributed by atoms with Crippen molar-refractivity contribution < 1.29 is 13.0 Å². The van der Waals surface area contributed by atoms with Crippen molar-refractivity contribution >= 4 is 21.0 Å². The first-order chi connectivity index (χ1) is 8.21. The summed E-state index contributed by atoms with van der Waals surface area (Å²) in [5, 5.41) is 0.00493. The molecule has 0 aliphatic carbocycles. The zero-order valence-electron chi connectivity index (χ0n) is 9.57. The summed E-state index contributed by atoms with van der Waals surface area (Å²) in [6, 6.07) is 1.04. The lowest BCUT2D eigenvalue weighted by Gasteiger charge is -2.09. The molecule has 0 aliphatic rings. The van der Waals surface area contributed by atoms with Crippen molar-refractivity contribution in [2.45, 2.75) is 18.7 Å². The largest absolute Gasteiger partial charge is 0.326 e. The Bertz CT molecular complexity index is 860. The van der Waals surface area contributed by atoms with Gasteiger partial charge in [0.05, 0.1) is 15.8 Å². The van der Waals surface area contributed by atoms with Crippen LogP contribution >= 0.6 is 0 Å². The second-order valence-electron chi connectivity index (χ2n) is 3.93. The van der Waals surface area contributed by atoms with Gasteiger partial charge in [0.15, 0.2) is 0 Å². The molecule has 0 radical (unpaired) electrons. The lowest BCUT2D eigenvalue weighted by molar-refractivity contribution is 0.482. The molecule has 1 heterocycles. The fourth-order valence-corrected chi connectivity index (χ4v) is 2.62. The van der Waals surface area contributed by atoms with Crippen LogP contribution in [0.4, 0.5) is 0 Å². The van der Waals surface area contributed by atoms with Gasteiger partial charge in [-0.1, -0.05) is 0 Å². The molecule has 0 saturated heterocycles. The standard InChI is InChI=1S/C10H10N2O5S/c1-4-5(2)8-6(3-7(4)18(15,16)17)9(13)12-10(14)11-8/h3H,1-2H3,(H,15,16,17)(H2,11,12,13,14). The van der Waals surface area contributed by atoms with Gasteiger partial charge in [-0.2, -0.15) is 8.42 Å². The zero-order chi connectivity index (χ0) is 13.7. The van der Waals surface area contributed by atoms with Gasteiger partial charge in [-0.25, -0.2) is 4.79 Å². The van der Waals surface area contributed by atoms with Crippen LogP contribution in [0, 0.1) is 13.8 Å². The minimum Gasteiger partial charge on any atom is -0.307 e. The Kier molecular flexibility index (Phi) is 2.63. The topological polar surface area (TPSA) is 120 Å². The fraction of sp³-hybridized carbons (Fsp3) is 0.200. The zero-order valence-corrected chi connectivity index (χ0v) is 10.4. The maximum absolute atomic E-state index is 11.6. The highest BCUT2D eigenvalue weighted by Gasteiger charge is 2.18. The first-order valence-electron chi connectivity index (χ1n) is 4.96. The number of fused-ring (bicyclic) bond motifs is 1. The van der Waals surface area contributed by atoms with E-state index in [0.717, 1.165) is 6.07 Å².